The van der Waals surface area contributed by atoms with Crippen LogP contribution in [-0.4, -0.2) is 77.2 Å². The van der Waals surface area contributed by atoms with Crippen LogP contribution in [0.1, 0.15) is 26.7 Å². The first kappa shape index (κ1) is 32.6. The topological polar surface area (TPSA) is 93.1 Å². The van der Waals surface area contributed by atoms with Gasteiger partial charge in [0.15, 0.2) is 0 Å². The molecule has 0 fully saturated rings. The Morgan fingerprint density at radius 1 is 0.657 bits per heavy atom. The first-order valence-corrected chi connectivity index (χ1v) is 9.36. The largest absolute Gasteiger partial charge is 0.456 e. The standard InChI is InChI=1S/C19H22F10O6/c1-9(2)13(32)34-11(7-30)5-15(20,21)17(24,25)19(28,29)18(26,27)16(22,23)6-12(8-31)35-14(33)10(3)4/h11-12,30-31H,1,3,5-8H2,2,4H3. The van der Waals surface area contributed by atoms with Crippen molar-refractivity contribution in [3.63, 3.8) is 0 Å². The number of hydrogen-bond donors (Lipinski definition) is 2. The molecule has 0 aliphatic rings. The Morgan fingerprint density at radius 2 is 0.914 bits per heavy atom. The third kappa shape index (κ3) is 6.86. The summed E-state index contributed by atoms with van der Waals surface area (Å²) in [5.74, 6) is -37.4. The number of hydrogen-bond acceptors (Lipinski definition) is 6. The van der Waals surface area contributed by atoms with Gasteiger partial charge in [-0.25, -0.2) is 9.59 Å². The van der Waals surface area contributed by atoms with Crippen LogP contribution in [0.25, 0.3) is 0 Å². The Hall–Kier alpha value is -2.36. The first-order valence-electron chi connectivity index (χ1n) is 9.36. The lowest BCUT2D eigenvalue weighted by Gasteiger charge is -2.40. The number of alkyl halides is 10. The van der Waals surface area contributed by atoms with E-state index in [9.17, 15) is 53.5 Å². The predicted molar refractivity (Wildman–Crippen MR) is 97.5 cm³/mol. The summed E-state index contributed by atoms with van der Waals surface area (Å²) < 4.78 is 149. The average Bonchev–Trinajstić information content (AvgIpc) is 2.71. The number of esters is 2. The molecule has 16 heteroatoms. The lowest BCUT2D eigenvalue weighted by atomic mass is 9.90. The first-order chi connectivity index (χ1) is 15.5. The number of ether oxygens (including phenoxy) is 2. The maximum atomic E-state index is 14.0. The van der Waals surface area contributed by atoms with Gasteiger partial charge in [0.25, 0.3) is 0 Å². The summed E-state index contributed by atoms with van der Waals surface area (Å²) in [7, 11) is 0. The van der Waals surface area contributed by atoms with Crippen LogP contribution in [0.5, 0.6) is 0 Å². The molecule has 0 amide bonds. The van der Waals surface area contributed by atoms with Gasteiger partial charge in [0, 0.05) is 11.1 Å². The third-order valence-corrected chi connectivity index (χ3v) is 4.33. The normalized spacial score (nSPS) is 15.3. The van der Waals surface area contributed by atoms with Gasteiger partial charge < -0.3 is 19.7 Å². The molecule has 0 aromatic rings. The van der Waals surface area contributed by atoms with Crippen molar-refractivity contribution in [3.05, 3.63) is 24.3 Å². The van der Waals surface area contributed by atoms with Gasteiger partial charge in [-0.15, -0.1) is 0 Å². The maximum Gasteiger partial charge on any atom is 0.384 e. The molecule has 0 saturated carbocycles. The van der Waals surface area contributed by atoms with E-state index in [2.05, 4.69) is 22.6 Å². The minimum Gasteiger partial charge on any atom is -0.456 e. The third-order valence-electron chi connectivity index (χ3n) is 4.33. The molecule has 2 unspecified atom stereocenters. The molecule has 0 bridgehead atoms. The number of aliphatic hydroxyl groups is 2. The van der Waals surface area contributed by atoms with Crippen molar-refractivity contribution in [3.8, 4) is 0 Å². The van der Waals surface area contributed by atoms with Crippen LogP contribution in [0, 0.1) is 0 Å². The van der Waals surface area contributed by atoms with E-state index in [4.69, 9.17) is 10.2 Å². The van der Waals surface area contributed by atoms with Gasteiger partial charge in [-0.2, -0.15) is 43.9 Å². The quantitative estimate of drug-likeness (QED) is 0.199. The van der Waals surface area contributed by atoms with Gasteiger partial charge >= 0.3 is 41.6 Å². The van der Waals surface area contributed by atoms with Gasteiger partial charge in [-0.05, 0) is 13.8 Å². The van der Waals surface area contributed by atoms with E-state index in [0.717, 1.165) is 13.8 Å². The second-order valence-electron chi connectivity index (χ2n) is 7.52. The molecule has 0 aromatic carbocycles. The van der Waals surface area contributed by atoms with Gasteiger partial charge in [0.05, 0.1) is 26.1 Å². The summed E-state index contributed by atoms with van der Waals surface area (Å²) >= 11 is 0. The summed E-state index contributed by atoms with van der Waals surface area (Å²) in [5.41, 5.74) is -0.998. The van der Waals surface area contributed by atoms with Crippen LogP contribution in [0.4, 0.5) is 43.9 Å². The maximum absolute atomic E-state index is 14.0. The zero-order chi connectivity index (χ0) is 28.2. The fourth-order valence-electron chi connectivity index (χ4n) is 2.28. The molecule has 0 aromatic heterocycles. The van der Waals surface area contributed by atoms with Crippen molar-refractivity contribution >= 4 is 11.9 Å². The smallest absolute Gasteiger partial charge is 0.384 e. The lowest BCUT2D eigenvalue weighted by Crippen LogP contribution is -2.68. The number of carbonyl (C=O) groups is 2. The molecule has 6 nitrogen and oxygen atoms in total. The molecule has 204 valence electrons. The highest BCUT2D eigenvalue weighted by molar-refractivity contribution is 5.87. The van der Waals surface area contributed by atoms with E-state index in [1.807, 2.05) is 0 Å². The minimum absolute atomic E-state index is 0.499. The Labute approximate surface area is 192 Å². The molecule has 0 radical (unpaired) electrons. The summed E-state index contributed by atoms with van der Waals surface area (Å²) in [4.78, 5) is 22.6. The zero-order valence-electron chi connectivity index (χ0n) is 18.2. The molecule has 0 rings (SSSR count). The van der Waals surface area contributed by atoms with Crippen LogP contribution in [0.2, 0.25) is 0 Å². The van der Waals surface area contributed by atoms with E-state index < -0.39 is 91.0 Å². The second kappa shape index (κ2) is 11.1. The molecule has 0 spiro atoms. The number of rotatable bonds is 14. The highest BCUT2D eigenvalue weighted by Gasteiger charge is 2.86. The van der Waals surface area contributed by atoms with Crippen molar-refractivity contribution in [2.45, 2.75) is 68.5 Å². The molecule has 0 saturated heterocycles. The fourth-order valence-corrected chi connectivity index (χ4v) is 2.28. The lowest BCUT2D eigenvalue weighted by molar-refractivity contribution is -0.405. The monoisotopic (exact) mass is 536 g/mol. The summed E-state index contributed by atoms with van der Waals surface area (Å²) in [6.07, 6.45) is -10.6. The SMILES string of the molecule is C=C(C)C(=O)OC(CO)CC(F)(F)C(F)(F)C(F)(F)C(F)(F)C(F)(F)CC(CO)OC(=O)C(=C)C. The Morgan fingerprint density at radius 3 is 1.11 bits per heavy atom. The molecular formula is C19H22F10O6. The van der Waals surface area contributed by atoms with Crippen LogP contribution in [0.3, 0.4) is 0 Å². The molecule has 35 heavy (non-hydrogen) atoms. The summed E-state index contributed by atoms with van der Waals surface area (Å²) in [5, 5.41) is 17.8. The fraction of sp³-hybridized carbons (Fsp3) is 0.684. The molecule has 0 heterocycles. The van der Waals surface area contributed by atoms with Crippen molar-refractivity contribution in [2.24, 2.45) is 0 Å². The van der Waals surface area contributed by atoms with Crippen molar-refractivity contribution in [2.75, 3.05) is 13.2 Å². The van der Waals surface area contributed by atoms with Crippen molar-refractivity contribution in [1.82, 2.24) is 0 Å². The van der Waals surface area contributed by atoms with E-state index in [0.29, 0.717) is 0 Å². The van der Waals surface area contributed by atoms with Crippen molar-refractivity contribution < 1.29 is 73.2 Å². The Kier molecular flexibility index (Phi) is 10.4. The van der Waals surface area contributed by atoms with Crippen LogP contribution in [0.15, 0.2) is 24.3 Å². The van der Waals surface area contributed by atoms with Gasteiger partial charge in [0.2, 0.25) is 0 Å². The Balaban J connectivity index is 6.08. The highest BCUT2D eigenvalue weighted by atomic mass is 19.4. The van der Waals surface area contributed by atoms with Crippen LogP contribution < -0.4 is 0 Å². The van der Waals surface area contributed by atoms with E-state index >= 15 is 0 Å². The van der Waals surface area contributed by atoms with Gasteiger partial charge in [0.1, 0.15) is 12.2 Å². The van der Waals surface area contributed by atoms with Crippen molar-refractivity contribution in [1.29, 1.82) is 0 Å². The number of carbonyl (C=O) groups excluding carboxylic acids is 2. The van der Waals surface area contributed by atoms with Crippen LogP contribution >= 0.6 is 0 Å². The highest BCUT2D eigenvalue weighted by Crippen LogP contribution is 2.58. The minimum atomic E-state index is -7.45. The predicted octanol–water partition coefficient (Wildman–Crippen LogP) is 3.90. The van der Waals surface area contributed by atoms with Gasteiger partial charge in [-0.3, -0.25) is 0 Å². The van der Waals surface area contributed by atoms with Crippen LogP contribution in [-0.2, 0) is 19.1 Å². The average molecular weight is 536 g/mol. The van der Waals surface area contributed by atoms with Gasteiger partial charge in [-0.1, -0.05) is 13.2 Å². The second-order valence-corrected chi connectivity index (χ2v) is 7.52. The van der Waals surface area contributed by atoms with E-state index in [1.165, 1.54) is 0 Å². The molecule has 2 atom stereocenters. The number of aliphatic hydroxyl groups excluding tert-OH is 2. The molecular weight excluding hydrogens is 514 g/mol. The van der Waals surface area contributed by atoms with E-state index in [1.54, 1.807) is 0 Å². The Bertz CT molecular complexity index is 748. The molecule has 0 aliphatic heterocycles. The summed E-state index contributed by atoms with van der Waals surface area (Å²) in [6, 6.07) is 0. The molecule has 2 N–H and O–H groups in total. The zero-order valence-corrected chi connectivity index (χ0v) is 18.2. The summed E-state index contributed by atoms with van der Waals surface area (Å²) in [6.45, 7) is 4.58. The molecule has 0 aliphatic carbocycles. The van der Waals surface area contributed by atoms with E-state index in [-0.39, 0.29) is 0 Å². The number of halogens is 10.